The standard InChI is InChI=1S/C13H22ClN3/c1-5-17(11(2)10-16(3)4)13-6-7-15-9-12(13)8-14/h6-7,9,11H,5,8,10H2,1-4H3. The second-order valence-electron chi connectivity index (χ2n) is 4.54. The van der Waals surface area contributed by atoms with E-state index in [4.69, 9.17) is 11.6 Å². The highest BCUT2D eigenvalue weighted by atomic mass is 35.5. The topological polar surface area (TPSA) is 19.4 Å². The Morgan fingerprint density at radius 1 is 1.41 bits per heavy atom. The van der Waals surface area contributed by atoms with E-state index < -0.39 is 0 Å². The van der Waals surface area contributed by atoms with Gasteiger partial charge in [0.1, 0.15) is 0 Å². The summed E-state index contributed by atoms with van der Waals surface area (Å²) in [7, 11) is 4.19. The molecule has 1 atom stereocenters. The van der Waals surface area contributed by atoms with Crippen molar-refractivity contribution in [1.82, 2.24) is 9.88 Å². The maximum absolute atomic E-state index is 5.97. The van der Waals surface area contributed by atoms with Crippen molar-refractivity contribution in [1.29, 1.82) is 0 Å². The van der Waals surface area contributed by atoms with E-state index in [0.29, 0.717) is 11.9 Å². The molecule has 0 aliphatic carbocycles. The summed E-state index contributed by atoms with van der Waals surface area (Å²) < 4.78 is 0. The predicted molar refractivity (Wildman–Crippen MR) is 74.8 cm³/mol. The third-order valence-electron chi connectivity index (χ3n) is 2.83. The summed E-state index contributed by atoms with van der Waals surface area (Å²) >= 11 is 5.97. The molecule has 1 unspecified atom stereocenters. The van der Waals surface area contributed by atoms with Gasteiger partial charge in [-0.25, -0.2) is 0 Å². The normalized spacial score (nSPS) is 12.8. The van der Waals surface area contributed by atoms with Gasteiger partial charge in [0.15, 0.2) is 0 Å². The minimum absolute atomic E-state index is 0.458. The van der Waals surface area contributed by atoms with Crippen molar-refractivity contribution in [3.8, 4) is 0 Å². The van der Waals surface area contributed by atoms with E-state index in [9.17, 15) is 0 Å². The Morgan fingerprint density at radius 2 is 2.12 bits per heavy atom. The first-order chi connectivity index (χ1) is 8.10. The molecule has 0 amide bonds. The van der Waals surface area contributed by atoms with E-state index in [1.165, 1.54) is 5.69 Å². The predicted octanol–water partition coefficient (Wildman–Crippen LogP) is 2.60. The maximum Gasteiger partial charge on any atom is 0.0509 e. The fourth-order valence-corrected chi connectivity index (χ4v) is 2.36. The van der Waals surface area contributed by atoms with Gasteiger partial charge in [0, 0.05) is 42.8 Å². The molecule has 1 rings (SSSR count). The van der Waals surface area contributed by atoms with Crippen LogP contribution in [0.4, 0.5) is 5.69 Å². The van der Waals surface area contributed by atoms with Crippen LogP contribution in [0.15, 0.2) is 18.5 Å². The average molecular weight is 256 g/mol. The van der Waals surface area contributed by atoms with Crippen LogP contribution in [-0.2, 0) is 5.88 Å². The Kier molecular flexibility index (Phi) is 5.72. The van der Waals surface area contributed by atoms with Crippen LogP contribution in [0.3, 0.4) is 0 Å². The molecule has 1 aromatic rings. The van der Waals surface area contributed by atoms with Crippen LogP contribution in [0, 0.1) is 0 Å². The smallest absolute Gasteiger partial charge is 0.0509 e. The van der Waals surface area contributed by atoms with E-state index in [2.05, 4.69) is 42.7 Å². The lowest BCUT2D eigenvalue weighted by molar-refractivity contribution is 0.373. The summed E-state index contributed by atoms with van der Waals surface area (Å²) in [5.41, 5.74) is 2.30. The molecule has 1 heterocycles. The molecule has 96 valence electrons. The van der Waals surface area contributed by atoms with Crippen molar-refractivity contribution in [3.63, 3.8) is 0 Å². The Labute approximate surface area is 109 Å². The molecular weight excluding hydrogens is 234 g/mol. The second-order valence-corrected chi connectivity index (χ2v) is 4.80. The molecule has 0 aliphatic heterocycles. The Balaban J connectivity index is 2.92. The summed E-state index contributed by atoms with van der Waals surface area (Å²) in [5.74, 6) is 0.508. The number of halogens is 1. The third-order valence-corrected chi connectivity index (χ3v) is 3.12. The third kappa shape index (κ3) is 3.86. The van der Waals surface area contributed by atoms with Crippen LogP contribution >= 0.6 is 11.6 Å². The minimum atomic E-state index is 0.458. The number of hydrogen-bond donors (Lipinski definition) is 0. The van der Waals surface area contributed by atoms with Gasteiger partial charge < -0.3 is 9.80 Å². The molecule has 17 heavy (non-hydrogen) atoms. The van der Waals surface area contributed by atoms with Crippen molar-refractivity contribution in [2.45, 2.75) is 25.8 Å². The first kappa shape index (κ1) is 14.3. The van der Waals surface area contributed by atoms with Crippen molar-refractivity contribution < 1.29 is 0 Å². The van der Waals surface area contributed by atoms with Gasteiger partial charge in [-0.1, -0.05) is 0 Å². The van der Waals surface area contributed by atoms with E-state index >= 15 is 0 Å². The van der Waals surface area contributed by atoms with Crippen LogP contribution < -0.4 is 4.90 Å². The number of alkyl halides is 1. The van der Waals surface area contributed by atoms with Gasteiger partial charge >= 0.3 is 0 Å². The van der Waals surface area contributed by atoms with Gasteiger partial charge in [-0.3, -0.25) is 4.98 Å². The van der Waals surface area contributed by atoms with Crippen LogP contribution in [0.2, 0.25) is 0 Å². The molecule has 0 saturated carbocycles. The van der Waals surface area contributed by atoms with Crippen molar-refractivity contribution in [2.75, 3.05) is 32.1 Å². The van der Waals surface area contributed by atoms with Gasteiger partial charge in [0.25, 0.3) is 0 Å². The average Bonchev–Trinajstić information content (AvgIpc) is 2.29. The fraction of sp³-hybridized carbons (Fsp3) is 0.615. The molecule has 0 spiro atoms. The molecule has 0 fully saturated rings. The van der Waals surface area contributed by atoms with E-state index in [1.807, 2.05) is 18.5 Å². The Bertz CT molecular complexity index is 341. The molecule has 0 bridgehead atoms. The molecule has 0 aliphatic rings. The summed E-state index contributed by atoms with van der Waals surface area (Å²) in [4.78, 5) is 8.71. The monoisotopic (exact) mass is 255 g/mol. The lowest BCUT2D eigenvalue weighted by atomic mass is 10.2. The number of likely N-dealkylation sites (N-methyl/N-ethyl adjacent to an activating group) is 2. The number of aromatic nitrogens is 1. The van der Waals surface area contributed by atoms with E-state index in [0.717, 1.165) is 18.7 Å². The van der Waals surface area contributed by atoms with Gasteiger partial charge in [0.2, 0.25) is 0 Å². The highest BCUT2D eigenvalue weighted by Gasteiger charge is 2.16. The molecule has 1 aromatic heterocycles. The van der Waals surface area contributed by atoms with Crippen LogP contribution in [0.1, 0.15) is 19.4 Å². The van der Waals surface area contributed by atoms with E-state index in [-0.39, 0.29) is 0 Å². The molecular formula is C13H22ClN3. The number of anilines is 1. The Morgan fingerprint density at radius 3 is 2.65 bits per heavy atom. The molecule has 0 aromatic carbocycles. The van der Waals surface area contributed by atoms with Crippen molar-refractivity contribution >= 4 is 17.3 Å². The lowest BCUT2D eigenvalue weighted by Crippen LogP contribution is -2.40. The lowest BCUT2D eigenvalue weighted by Gasteiger charge is -2.33. The highest BCUT2D eigenvalue weighted by Crippen LogP contribution is 2.23. The molecule has 0 N–H and O–H groups in total. The zero-order valence-electron chi connectivity index (χ0n) is 11.2. The maximum atomic E-state index is 5.97. The quantitative estimate of drug-likeness (QED) is 0.729. The summed E-state index contributed by atoms with van der Waals surface area (Å²) in [5, 5.41) is 0. The molecule has 4 heteroatoms. The van der Waals surface area contributed by atoms with Gasteiger partial charge in [-0.15, -0.1) is 11.6 Å². The number of pyridine rings is 1. The molecule has 3 nitrogen and oxygen atoms in total. The number of hydrogen-bond acceptors (Lipinski definition) is 3. The minimum Gasteiger partial charge on any atom is -0.367 e. The number of nitrogens with zero attached hydrogens (tertiary/aromatic N) is 3. The van der Waals surface area contributed by atoms with Gasteiger partial charge in [0.05, 0.1) is 5.88 Å². The van der Waals surface area contributed by atoms with Gasteiger partial charge in [-0.2, -0.15) is 0 Å². The second kappa shape index (κ2) is 6.82. The summed E-state index contributed by atoms with van der Waals surface area (Å²) in [6.45, 7) is 6.41. The number of rotatable bonds is 6. The van der Waals surface area contributed by atoms with Crippen LogP contribution in [-0.4, -0.2) is 43.1 Å². The largest absolute Gasteiger partial charge is 0.367 e. The van der Waals surface area contributed by atoms with Crippen molar-refractivity contribution in [3.05, 3.63) is 24.0 Å². The summed E-state index contributed by atoms with van der Waals surface area (Å²) in [6, 6.07) is 2.51. The summed E-state index contributed by atoms with van der Waals surface area (Å²) in [6.07, 6.45) is 3.68. The van der Waals surface area contributed by atoms with Gasteiger partial charge in [-0.05, 0) is 34.0 Å². The van der Waals surface area contributed by atoms with Crippen LogP contribution in [0.25, 0.3) is 0 Å². The van der Waals surface area contributed by atoms with Crippen LogP contribution in [0.5, 0.6) is 0 Å². The first-order valence-corrected chi connectivity index (χ1v) is 6.53. The molecule has 0 saturated heterocycles. The zero-order valence-corrected chi connectivity index (χ0v) is 11.9. The van der Waals surface area contributed by atoms with Crippen molar-refractivity contribution in [2.24, 2.45) is 0 Å². The first-order valence-electron chi connectivity index (χ1n) is 6.00. The fourth-order valence-electron chi connectivity index (χ4n) is 2.15. The molecule has 0 radical (unpaired) electrons. The zero-order chi connectivity index (χ0) is 12.8. The van der Waals surface area contributed by atoms with E-state index in [1.54, 1.807) is 0 Å². The Hall–Kier alpha value is -0.800. The SMILES string of the molecule is CCN(c1ccncc1CCl)C(C)CN(C)C. The highest BCUT2D eigenvalue weighted by molar-refractivity contribution is 6.17.